The molecule has 174 valence electrons. The molecule has 1 heterocycles. The van der Waals surface area contributed by atoms with Gasteiger partial charge in [-0.05, 0) is 36.2 Å². The number of aromatic nitrogens is 1. The van der Waals surface area contributed by atoms with Crippen LogP contribution in [-0.4, -0.2) is 44.3 Å². The summed E-state index contributed by atoms with van der Waals surface area (Å²) in [5.41, 5.74) is 3.32. The molecule has 1 amide bonds. The summed E-state index contributed by atoms with van der Waals surface area (Å²) in [6.07, 6.45) is 0.667. The van der Waals surface area contributed by atoms with Crippen LogP contribution in [0.4, 0.5) is 5.13 Å². The minimum Gasteiger partial charge on any atom is -0.284 e. The van der Waals surface area contributed by atoms with Crippen LogP contribution in [0.5, 0.6) is 0 Å². The molecule has 0 saturated heterocycles. The third-order valence-electron chi connectivity index (χ3n) is 5.38. The van der Waals surface area contributed by atoms with Crippen LogP contribution < -0.4 is 4.90 Å². The number of sulfonamides is 1. The maximum Gasteiger partial charge on any atom is 0.260 e. The van der Waals surface area contributed by atoms with E-state index in [1.807, 2.05) is 66.0 Å². The SMILES string of the molecule is CN(C)S(=O)(=O)c1ccc(C(=O)N(CCc2ccccc2)c2nc(-c3ccccc3)cs2)cc1. The molecule has 3 aromatic carbocycles. The van der Waals surface area contributed by atoms with Gasteiger partial charge in [-0.1, -0.05) is 60.7 Å². The molecule has 0 N–H and O–H groups in total. The highest BCUT2D eigenvalue weighted by molar-refractivity contribution is 7.89. The molecule has 0 aliphatic heterocycles. The van der Waals surface area contributed by atoms with Crippen LogP contribution in [0.25, 0.3) is 11.3 Å². The van der Waals surface area contributed by atoms with Crippen molar-refractivity contribution in [1.29, 1.82) is 0 Å². The molecule has 0 spiro atoms. The first kappa shape index (κ1) is 23.8. The topological polar surface area (TPSA) is 70.6 Å². The van der Waals surface area contributed by atoms with E-state index in [0.717, 1.165) is 21.1 Å². The van der Waals surface area contributed by atoms with E-state index in [1.165, 1.54) is 37.6 Å². The number of anilines is 1. The summed E-state index contributed by atoms with van der Waals surface area (Å²) in [6, 6.07) is 25.8. The van der Waals surface area contributed by atoms with Crippen molar-refractivity contribution < 1.29 is 13.2 Å². The average Bonchev–Trinajstić information content (AvgIpc) is 3.35. The normalized spacial score (nSPS) is 11.5. The number of rotatable bonds is 8. The highest BCUT2D eigenvalue weighted by atomic mass is 32.2. The largest absolute Gasteiger partial charge is 0.284 e. The predicted octanol–water partition coefficient (Wildman–Crippen LogP) is 4.95. The molecule has 34 heavy (non-hydrogen) atoms. The molecule has 0 saturated carbocycles. The number of benzene rings is 3. The van der Waals surface area contributed by atoms with Crippen molar-refractivity contribution in [3.63, 3.8) is 0 Å². The summed E-state index contributed by atoms with van der Waals surface area (Å²) in [5.74, 6) is -0.223. The number of amides is 1. The van der Waals surface area contributed by atoms with Gasteiger partial charge < -0.3 is 0 Å². The minimum absolute atomic E-state index is 0.144. The van der Waals surface area contributed by atoms with Crippen molar-refractivity contribution in [3.8, 4) is 11.3 Å². The first-order valence-corrected chi connectivity index (χ1v) is 13.1. The lowest BCUT2D eigenvalue weighted by molar-refractivity contribution is 0.0987. The quantitative estimate of drug-likeness (QED) is 0.350. The first-order chi connectivity index (χ1) is 16.4. The number of carbonyl (C=O) groups is 1. The standard InChI is InChI=1S/C26H25N3O3S2/c1-28(2)34(31,32)23-15-13-22(14-16-23)25(30)29(18-17-20-9-5-3-6-10-20)26-27-24(19-33-26)21-11-7-4-8-12-21/h3-16,19H,17-18H2,1-2H3. The van der Waals surface area contributed by atoms with Gasteiger partial charge in [-0.15, -0.1) is 11.3 Å². The van der Waals surface area contributed by atoms with E-state index in [1.54, 1.807) is 17.0 Å². The summed E-state index contributed by atoms with van der Waals surface area (Å²) in [5, 5.41) is 2.55. The Labute approximate surface area is 204 Å². The Morgan fingerprint density at radius 1 is 0.882 bits per heavy atom. The second kappa shape index (κ2) is 10.3. The third-order valence-corrected chi connectivity index (χ3v) is 8.08. The summed E-state index contributed by atoms with van der Waals surface area (Å²) >= 11 is 1.41. The van der Waals surface area contributed by atoms with Crippen molar-refractivity contribution in [2.24, 2.45) is 0 Å². The number of nitrogens with zero attached hydrogens (tertiary/aromatic N) is 3. The Morgan fingerprint density at radius 3 is 2.12 bits per heavy atom. The van der Waals surface area contributed by atoms with E-state index in [-0.39, 0.29) is 10.8 Å². The van der Waals surface area contributed by atoms with Gasteiger partial charge in [-0.25, -0.2) is 17.7 Å². The van der Waals surface area contributed by atoms with Crippen molar-refractivity contribution in [2.75, 3.05) is 25.5 Å². The van der Waals surface area contributed by atoms with Crippen LogP contribution in [0.1, 0.15) is 15.9 Å². The second-order valence-electron chi connectivity index (χ2n) is 7.89. The van der Waals surface area contributed by atoms with Crippen LogP contribution >= 0.6 is 11.3 Å². The van der Waals surface area contributed by atoms with Gasteiger partial charge in [0, 0.05) is 37.1 Å². The molecule has 0 atom stereocenters. The summed E-state index contributed by atoms with van der Waals surface area (Å²) in [6.45, 7) is 0.447. The van der Waals surface area contributed by atoms with Gasteiger partial charge in [0.25, 0.3) is 5.91 Å². The molecule has 1 aromatic heterocycles. The van der Waals surface area contributed by atoms with Crippen LogP contribution in [0.15, 0.2) is 95.2 Å². The summed E-state index contributed by atoms with van der Waals surface area (Å²) in [4.78, 5) is 20.1. The van der Waals surface area contributed by atoms with E-state index in [4.69, 9.17) is 4.98 Å². The number of hydrogen-bond acceptors (Lipinski definition) is 5. The third kappa shape index (κ3) is 5.25. The summed E-state index contributed by atoms with van der Waals surface area (Å²) < 4.78 is 25.9. The van der Waals surface area contributed by atoms with Crippen molar-refractivity contribution in [3.05, 3.63) is 101 Å². The highest BCUT2D eigenvalue weighted by Gasteiger charge is 2.23. The van der Waals surface area contributed by atoms with Gasteiger partial charge in [-0.3, -0.25) is 9.69 Å². The van der Waals surface area contributed by atoms with E-state index < -0.39 is 10.0 Å². The van der Waals surface area contributed by atoms with Gasteiger partial charge in [0.2, 0.25) is 10.0 Å². The van der Waals surface area contributed by atoms with Crippen LogP contribution in [0.2, 0.25) is 0 Å². The van der Waals surface area contributed by atoms with E-state index in [0.29, 0.717) is 23.7 Å². The Morgan fingerprint density at radius 2 is 1.50 bits per heavy atom. The van der Waals surface area contributed by atoms with Gasteiger partial charge in [0.15, 0.2) is 5.13 Å². The Hall–Kier alpha value is -3.33. The molecule has 0 bridgehead atoms. The molecular formula is C26H25N3O3S2. The van der Waals surface area contributed by atoms with E-state index in [9.17, 15) is 13.2 Å². The fourth-order valence-corrected chi connectivity index (χ4v) is 5.20. The Balaban J connectivity index is 1.64. The molecular weight excluding hydrogens is 466 g/mol. The van der Waals surface area contributed by atoms with Gasteiger partial charge in [-0.2, -0.15) is 0 Å². The highest BCUT2D eigenvalue weighted by Crippen LogP contribution is 2.29. The maximum atomic E-state index is 13.5. The minimum atomic E-state index is -3.57. The molecule has 0 aliphatic rings. The first-order valence-electron chi connectivity index (χ1n) is 10.8. The molecule has 0 unspecified atom stereocenters. The molecule has 4 rings (SSSR count). The zero-order chi connectivity index (χ0) is 24.1. The molecule has 0 radical (unpaired) electrons. The predicted molar refractivity (Wildman–Crippen MR) is 137 cm³/mol. The lowest BCUT2D eigenvalue weighted by Crippen LogP contribution is -2.33. The van der Waals surface area contributed by atoms with Gasteiger partial charge >= 0.3 is 0 Å². The average molecular weight is 492 g/mol. The maximum absolute atomic E-state index is 13.5. The van der Waals surface area contributed by atoms with Crippen molar-refractivity contribution in [2.45, 2.75) is 11.3 Å². The number of thiazole rings is 1. The zero-order valence-electron chi connectivity index (χ0n) is 19.0. The van der Waals surface area contributed by atoms with Crippen molar-refractivity contribution >= 4 is 32.4 Å². The Bertz CT molecular complexity index is 1350. The van der Waals surface area contributed by atoms with Crippen molar-refractivity contribution in [1.82, 2.24) is 9.29 Å². The number of hydrogen-bond donors (Lipinski definition) is 0. The van der Waals surface area contributed by atoms with Gasteiger partial charge in [0.1, 0.15) is 0 Å². The van der Waals surface area contributed by atoms with E-state index in [2.05, 4.69) is 0 Å². The lowest BCUT2D eigenvalue weighted by Gasteiger charge is -2.20. The summed E-state index contributed by atoms with van der Waals surface area (Å²) in [7, 11) is -0.610. The van der Waals surface area contributed by atoms with Gasteiger partial charge in [0.05, 0.1) is 10.6 Å². The molecule has 4 aromatic rings. The molecule has 6 nitrogen and oxygen atoms in total. The smallest absolute Gasteiger partial charge is 0.260 e. The lowest BCUT2D eigenvalue weighted by atomic mass is 10.1. The molecule has 0 aliphatic carbocycles. The fraction of sp³-hybridized carbons (Fsp3) is 0.154. The van der Waals surface area contributed by atoms with Crippen LogP contribution in [-0.2, 0) is 16.4 Å². The molecule has 0 fully saturated rings. The van der Waals surface area contributed by atoms with Crippen LogP contribution in [0, 0.1) is 0 Å². The van der Waals surface area contributed by atoms with Crippen LogP contribution in [0.3, 0.4) is 0 Å². The zero-order valence-corrected chi connectivity index (χ0v) is 20.6. The Kier molecular flexibility index (Phi) is 7.21. The fourth-order valence-electron chi connectivity index (χ4n) is 3.44. The monoisotopic (exact) mass is 491 g/mol. The van der Waals surface area contributed by atoms with E-state index >= 15 is 0 Å². The molecule has 8 heteroatoms. The number of carbonyl (C=O) groups excluding carboxylic acids is 1. The second-order valence-corrected chi connectivity index (χ2v) is 10.9.